The van der Waals surface area contributed by atoms with Gasteiger partial charge in [-0.3, -0.25) is 10.6 Å². The van der Waals surface area contributed by atoms with Crippen LogP contribution in [0.3, 0.4) is 0 Å². The lowest BCUT2D eigenvalue weighted by molar-refractivity contribution is 0.300. The maximum absolute atomic E-state index is 13.3. The number of nitrogens with zero attached hydrogens (tertiary/aromatic N) is 6. The first-order chi connectivity index (χ1) is 11.6. The Labute approximate surface area is 141 Å². The third-order valence-electron chi connectivity index (χ3n) is 2.88. The van der Waals surface area contributed by atoms with Gasteiger partial charge >= 0.3 is 0 Å². The fourth-order valence-electron chi connectivity index (χ4n) is 1.73. The van der Waals surface area contributed by atoms with Crippen LogP contribution in [-0.2, 0) is 6.54 Å². The summed E-state index contributed by atoms with van der Waals surface area (Å²) in [4.78, 5) is 0. The number of rotatable bonds is 5. The summed E-state index contributed by atoms with van der Waals surface area (Å²) in [5.41, 5.74) is 0.104. The van der Waals surface area contributed by atoms with Crippen LogP contribution in [0.4, 0.5) is 15.9 Å². The smallest absolute Gasteiger partial charge is 0.202 e. The van der Waals surface area contributed by atoms with E-state index >= 15 is 0 Å². The molecule has 124 valence electrons. The standard InChI is InChI=1S/C11H9BrFN9O2/c12-6-3-5(1-2-7(6)13)22(23)10(14)9-11(19-24-18-9)15-4-8-16-20-21-17-8/h1-3,14,23H,4H2,(H,15,19)(H,16,17,20,21). The predicted molar refractivity (Wildman–Crippen MR) is 81.0 cm³/mol. The third kappa shape index (κ3) is 3.21. The SMILES string of the molecule is N=C(c1nonc1NCc1nnn[nH]1)N(O)c1ccc(F)c(Br)c1. The molecule has 0 atom stereocenters. The Hall–Kier alpha value is -2.93. The lowest BCUT2D eigenvalue weighted by Crippen LogP contribution is -2.28. The van der Waals surface area contributed by atoms with Crippen molar-refractivity contribution in [3.63, 3.8) is 0 Å². The Balaban J connectivity index is 1.77. The molecule has 11 nitrogen and oxygen atoms in total. The van der Waals surface area contributed by atoms with Crippen molar-refractivity contribution in [2.24, 2.45) is 0 Å². The normalized spacial score (nSPS) is 10.6. The van der Waals surface area contributed by atoms with E-state index in [1.165, 1.54) is 12.1 Å². The van der Waals surface area contributed by atoms with Crippen LogP contribution in [0.25, 0.3) is 0 Å². The van der Waals surface area contributed by atoms with Crippen molar-refractivity contribution in [3.8, 4) is 0 Å². The second-order valence-corrected chi connectivity index (χ2v) is 5.28. The van der Waals surface area contributed by atoms with E-state index in [2.05, 4.69) is 56.8 Å². The van der Waals surface area contributed by atoms with Crippen LogP contribution in [0, 0.1) is 11.2 Å². The summed E-state index contributed by atoms with van der Waals surface area (Å²) in [6.45, 7) is 0.176. The Kier molecular flexibility index (Phi) is 4.43. The summed E-state index contributed by atoms with van der Waals surface area (Å²) in [6.07, 6.45) is 0. The highest BCUT2D eigenvalue weighted by Crippen LogP contribution is 2.24. The molecule has 3 rings (SSSR count). The van der Waals surface area contributed by atoms with E-state index < -0.39 is 11.7 Å². The molecule has 0 aliphatic carbocycles. The second kappa shape index (κ2) is 6.67. The highest BCUT2D eigenvalue weighted by molar-refractivity contribution is 9.10. The number of hydrogen-bond donors (Lipinski definition) is 4. The van der Waals surface area contributed by atoms with Gasteiger partial charge in [0, 0.05) is 0 Å². The molecule has 0 spiro atoms. The number of benzene rings is 1. The minimum atomic E-state index is -0.496. The number of tetrazole rings is 1. The molecule has 0 amide bonds. The zero-order chi connectivity index (χ0) is 17.1. The molecule has 24 heavy (non-hydrogen) atoms. The van der Waals surface area contributed by atoms with Crippen LogP contribution >= 0.6 is 15.9 Å². The van der Waals surface area contributed by atoms with Crippen molar-refractivity contribution in [1.29, 1.82) is 5.41 Å². The van der Waals surface area contributed by atoms with Crippen molar-refractivity contribution in [1.82, 2.24) is 30.9 Å². The van der Waals surface area contributed by atoms with E-state index in [9.17, 15) is 9.60 Å². The van der Waals surface area contributed by atoms with E-state index in [1.54, 1.807) is 0 Å². The van der Waals surface area contributed by atoms with Crippen LogP contribution in [0.2, 0.25) is 0 Å². The first-order valence-corrected chi connectivity index (χ1v) is 7.17. The second-order valence-electron chi connectivity index (χ2n) is 4.42. The molecule has 0 fully saturated rings. The van der Waals surface area contributed by atoms with Crippen LogP contribution in [0.15, 0.2) is 27.3 Å². The molecule has 0 unspecified atom stereocenters. The molecule has 0 bridgehead atoms. The van der Waals surface area contributed by atoms with Gasteiger partial charge in [-0.2, -0.15) is 0 Å². The number of hydroxylamine groups is 1. The van der Waals surface area contributed by atoms with Gasteiger partial charge in [0.05, 0.1) is 16.7 Å². The van der Waals surface area contributed by atoms with Crippen molar-refractivity contribution < 1.29 is 14.2 Å². The molecule has 0 aliphatic heterocycles. The van der Waals surface area contributed by atoms with E-state index in [4.69, 9.17) is 5.41 Å². The lowest BCUT2D eigenvalue weighted by atomic mass is 10.3. The van der Waals surface area contributed by atoms with Crippen LogP contribution in [0.1, 0.15) is 11.5 Å². The molecular formula is C11H9BrFN9O2. The summed E-state index contributed by atoms with van der Waals surface area (Å²) < 4.78 is 18.0. The van der Waals surface area contributed by atoms with Gasteiger partial charge in [0.25, 0.3) is 0 Å². The maximum Gasteiger partial charge on any atom is 0.202 e. The van der Waals surface area contributed by atoms with Crippen LogP contribution in [0.5, 0.6) is 0 Å². The van der Waals surface area contributed by atoms with E-state index in [-0.39, 0.29) is 28.2 Å². The van der Waals surface area contributed by atoms with Crippen molar-refractivity contribution in [3.05, 3.63) is 40.0 Å². The summed E-state index contributed by atoms with van der Waals surface area (Å²) >= 11 is 3.01. The van der Waals surface area contributed by atoms with Gasteiger partial charge < -0.3 is 5.32 Å². The summed E-state index contributed by atoms with van der Waals surface area (Å²) in [7, 11) is 0. The zero-order valence-corrected chi connectivity index (χ0v) is 13.3. The van der Waals surface area contributed by atoms with Crippen molar-refractivity contribution in [2.75, 3.05) is 10.4 Å². The zero-order valence-electron chi connectivity index (χ0n) is 11.7. The molecule has 2 heterocycles. The molecule has 4 N–H and O–H groups in total. The summed E-state index contributed by atoms with van der Waals surface area (Å²) in [6, 6.07) is 3.76. The Morgan fingerprint density at radius 2 is 2.29 bits per heavy atom. The highest BCUT2D eigenvalue weighted by atomic mass is 79.9. The molecule has 13 heteroatoms. The van der Waals surface area contributed by atoms with Gasteiger partial charge in [-0.25, -0.2) is 19.2 Å². The highest BCUT2D eigenvalue weighted by Gasteiger charge is 2.21. The largest absolute Gasteiger partial charge is 0.358 e. The minimum Gasteiger partial charge on any atom is -0.358 e. The number of amidine groups is 1. The lowest BCUT2D eigenvalue weighted by Gasteiger charge is -2.16. The van der Waals surface area contributed by atoms with Gasteiger partial charge in [0.1, 0.15) is 5.82 Å². The van der Waals surface area contributed by atoms with Gasteiger partial charge in [-0.05, 0) is 54.9 Å². The first kappa shape index (κ1) is 15.9. The summed E-state index contributed by atoms with van der Waals surface area (Å²) in [5.74, 6) is -0.381. The van der Waals surface area contributed by atoms with Crippen molar-refractivity contribution >= 4 is 33.3 Å². The molecule has 2 aromatic heterocycles. The van der Waals surface area contributed by atoms with Gasteiger partial charge in [-0.1, -0.05) is 0 Å². The average Bonchev–Trinajstić information content (AvgIpc) is 3.25. The minimum absolute atomic E-state index is 0.0505. The Morgan fingerprint density at radius 3 is 3.00 bits per heavy atom. The van der Waals surface area contributed by atoms with E-state index in [0.29, 0.717) is 10.9 Å². The summed E-state index contributed by atoms with van der Waals surface area (Å²) in [5, 5.41) is 41.8. The molecule has 0 aliphatic rings. The molecule has 1 aromatic carbocycles. The number of halogens is 2. The number of H-pyrrole nitrogens is 1. The van der Waals surface area contributed by atoms with Crippen LogP contribution in [-0.4, -0.2) is 42.0 Å². The Bertz CT molecular complexity index is 853. The number of anilines is 2. The monoisotopic (exact) mass is 397 g/mol. The van der Waals surface area contributed by atoms with Gasteiger partial charge in [0.15, 0.2) is 17.4 Å². The predicted octanol–water partition coefficient (Wildman–Crippen LogP) is 1.32. The fourth-order valence-corrected chi connectivity index (χ4v) is 2.09. The van der Waals surface area contributed by atoms with Gasteiger partial charge in [-0.15, -0.1) is 5.10 Å². The maximum atomic E-state index is 13.3. The third-order valence-corrected chi connectivity index (χ3v) is 3.49. The van der Waals surface area contributed by atoms with E-state index in [0.717, 1.165) is 6.07 Å². The number of nitrogens with one attached hydrogen (secondary N) is 3. The molecule has 0 saturated heterocycles. The first-order valence-electron chi connectivity index (χ1n) is 6.38. The average molecular weight is 398 g/mol. The van der Waals surface area contributed by atoms with E-state index in [1.807, 2.05) is 0 Å². The number of aromatic nitrogens is 6. The van der Waals surface area contributed by atoms with Crippen molar-refractivity contribution in [2.45, 2.75) is 6.54 Å². The quantitative estimate of drug-likeness (QED) is 0.283. The molecular weight excluding hydrogens is 389 g/mol. The molecule has 0 saturated carbocycles. The molecule has 3 aromatic rings. The van der Waals surface area contributed by atoms with Gasteiger partial charge in [0.2, 0.25) is 5.82 Å². The fraction of sp³-hybridized carbons (Fsp3) is 0.0909. The number of hydrogen-bond acceptors (Lipinski definition) is 9. The topological polar surface area (TPSA) is 153 Å². The molecule has 0 radical (unpaired) electrons. The van der Waals surface area contributed by atoms with Crippen LogP contribution < -0.4 is 10.4 Å². The number of aromatic amines is 1. The Morgan fingerprint density at radius 1 is 1.46 bits per heavy atom.